The van der Waals surface area contributed by atoms with Crippen LogP contribution in [0, 0.1) is 0 Å². The number of nitrogens with one attached hydrogen (secondary N) is 1. The minimum Gasteiger partial charge on any atom is -0.383 e. The number of rotatable bonds is 7. The Morgan fingerprint density at radius 2 is 2.50 bits per heavy atom. The summed E-state index contributed by atoms with van der Waals surface area (Å²) in [6.45, 7) is 3.13. The summed E-state index contributed by atoms with van der Waals surface area (Å²) in [5.74, 6) is 0.451. The molecule has 0 aromatic carbocycles. The van der Waals surface area contributed by atoms with E-state index in [0.29, 0.717) is 19.6 Å². The van der Waals surface area contributed by atoms with Gasteiger partial charge in [-0.15, -0.1) is 0 Å². The summed E-state index contributed by atoms with van der Waals surface area (Å²) in [7, 11) is 1.66. The Labute approximate surface area is 94.8 Å². The zero-order chi connectivity index (χ0) is 12.0. The minimum absolute atomic E-state index is 0.199. The smallest absolute Gasteiger partial charge is 0.219 e. The Morgan fingerprint density at radius 1 is 1.75 bits per heavy atom. The maximum Gasteiger partial charge on any atom is 0.219 e. The molecule has 1 unspecified atom stereocenters. The highest BCUT2D eigenvalue weighted by Crippen LogP contribution is 2.05. The molecular weight excluding hydrogens is 208 g/mol. The van der Waals surface area contributed by atoms with Crippen molar-refractivity contribution in [3.63, 3.8) is 0 Å². The van der Waals surface area contributed by atoms with E-state index >= 15 is 0 Å². The Kier molecular flexibility index (Phi) is 4.78. The molecule has 1 aromatic rings. The van der Waals surface area contributed by atoms with Crippen molar-refractivity contribution in [1.82, 2.24) is 9.78 Å². The molecule has 6 heteroatoms. The molecule has 0 aliphatic carbocycles. The second kappa shape index (κ2) is 6.12. The van der Waals surface area contributed by atoms with Crippen LogP contribution < -0.4 is 11.1 Å². The van der Waals surface area contributed by atoms with Gasteiger partial charge in [0.1, 0.15) is 5.82 Å². The predicted molar refractivity (Wildman–Crippen MR) is 61.0 cm³/mol. The van der Waals surface area contributed by atoms with E-state index in [1.807, 2.05) is 19.2 Å². The highest BCUT2D eigenvalue weighted by Gasteiger charge is 2.04. The third-order valence-corrected chi connectivity index (χ3v) is 2.04. The highest BCUT2D eigenvalue weighted by molar-refractivity contribution is 5.73. The first-order valence-electron chi connectivity index (χ1n) is 5.19. The van der Waals surface area contributed by atoms with Gasteiger partial charge < -0.3 is 15.8 Å². The van der Waals surface area contributed by atoms with Crippen LogP contribution >= 0.6 is 0 Å². The SMILES string of the molecule is COCC(C)Nc1ccn(CCC(N)=O)n1. The van der Waals surface area contributed by atoms with Gasteiger partial charge in [0.25, 0.3) is 0 Å². The molecule has 0 fully saturated rings. The molecule has 1 atom stereocenters. The summed E-state index contributed by atoms with van der Waals surface area (Å²) >= 11 is 0. The van der Waals surface area contributed by atoms with Gasteiger partial charge in [-0.3, -0.25) is 9.48 Å². The summed E-state index contributed by atoms with van der Waals surface area (Å²) in [5, 5.41) is 7.42. The molecule has 0 bridgehead atoms. The topological polar surface area (TPSA) is 82.2 Å². The predicted octanol–water partition coefficient (Wildman–Crippen LogP) is 0.205. The van der Waals surface area contributed by atoms with E-state index in [4.69, 9.17) is 10.5 Å². The number of aryl methyl sites for hydroxylation is 1. The summed E-state index contributed by atoms with van der Waals surface area (Å²) in [5.41, 5.74) is 5.06. The van der Waals surface area contributed by atoms with Crippen molar-refractivity contribution >= 4 is 11.7 Å². The number of amides is 1. The largest absolute Gasteiger partial charge is 0.383 e. The zero-order valence-corrected chi connectivity index (χ0v) is 9.64. The van der Waals surface area contributed by atoms with Crippen molar-refractivity contribution in [3.8, 4) is 0 Å². The van der Waals surface area contributed by atoms with Crippen molar-refractivity contribution < 1.29 is 9.53 Å². The van der Waals surface area contributed by atoms with Crippen molar-refractivity contribution in [3.05, 3.63) is 12.3 Å². The minimum atomic E-state index is -0.322. The van der Waals surface area contributed by atoms with E-state index in [0.717, 1.165) is 5.82 Å². The van der Waals surface area contributed by atoms with Crippen LogP contribution in [-0.2, 0) is 16.1 Å². The third-order valence-electron chi connectivity index (χ3n) is 2.04. The van der Waals surface area contributed by atoms with E-state index in [2.05, 4.69) is 10.4 Å². The highest BCUT2D eigenvalue weighted by atomic mass is 16.5. The third kappa shape index (κ3) is 4.31. The van der Waals surface area contributed by atoms with Crippen LogP contribution in [0.4, 0.5) is 5.82 Å². The van der Waals surface area contributed by atoms with E-state index < -0.39 is 0 Å². The molecule has 0 spiro atoms. The Hall–Kier alpha value is -1.56. The number of hydrogen-bond donors (Lipinski definition) is 2. The number of anilines is 1. The molecule has 0 saturated heterocycles. The number of ether oxygens (including phenoxy) is 1. The fraction of sp³-hybridized carbons (Fsp3) is 0.600. The fourth-order valence-electron chi connectivity index (χ4n) is 1.33. The lowest BCUT2D eigenvalue weighted by Crippen LogP contribution is -2.21. The molecule has 1 amide bonds. The van der Waals surface area contributed by atoms with Gasteiger partial charge in [0, 0.05) is 38.4 Å². The standard InChI is InChI=1S/C10H18N4O2/c1-8(7-16-2)12-10-4-6-14(13-10)5-3-9(11)15/h4,6,8H,3,5,7H2,1-2H3,(H2,11,15)(H,12,13). The molecular formula is C10H18N4O2. The first-order chi connectivity index (χ1) is 7.61. The molecule has 0 radical (unpaired) electrons. The molecule has 6 nitrogen and oxygen atoms in total. The molecule has 0 aliphatic rings. The maximum atomic E-state index is 10.6. The zero-order valence-electron chi connectivity index (χ0n) is 9.64. The average Bonchev–Trinajstić information content (AvgIpc) is 2.63. The van der Waals surface area contributed by atoms with E-state index in [1.165, 1.54) is 0 Å². The van der Waals surface area contributed by atoms with Gasteiger partial charge in [0.2, 0.25) is 5.91 Å². The van der Waals surface area contributed by atoms with Crippen LogP contribution in [0.5, 0.6) is 0 Å². The Morgan fingerprint density at radius 3 is 3.12 bits per heavy atom. The second-order valence-electron chi connectivity index (χ2n) is 3.68. The number of methoxy groups -OCH3 is 1. The molecule has 3 N–H and O–H groups in total. The van der Waals surface area contributed by atoms with Crippen molar-refractivity contribution in [2.75, 3.05) is 19.0 Å². The monoisotopic (exact) mass is 226 g/mol. The summed E-state index contributed by atoms with van der Waals surface area (Å²) in [6.07, 6.45) is 2.11. The number of primary amides is 1. The van der Waals surface area contributed by atoms with E-state index in [-0.39, 0.29) is 11.9 Å². The number of carbonyl (C=O) groups excluding carboxylic acids is 1. The van der Waals surface area contributed by atoms with Gasteiger partial charge >= 0.3 is 0 Å². The number of hydrogen-bond acceptors (Lipinski definition) is 4. The van der Waals surface area contributed by atoms with Crippen LogP contribution in [0.1, 0.15) is 13.3 Å². The van der Waals surface area contributed by atoms with E-state index in [1.54, 1.807) is 11.8 Å². The van der Waals surface area contributed by atoms with Gasteiger partial charge in [-0.25, -0.2) is 0 Å². The maximum absolute atomic E-state index is 10.6. The summed E-state index contributed by atoms with van der Waals surface area (Å²) in [4.78, 5) is 10.6. The lowest BCUT2D eigenvalue weighted by molar-refractivity contribution is -0.118. The Balaban J connectivity index is 2.41. The quantitative estimate of drug-likeness (QED) is 0.696. The van der Waals surface area contributed by atoms with Gasteiger partial charge in [0.05, 0.1) is 6.61 Å². The van der Waals surface area contributed by atoms with Gasteiger partial charge in [0.15, 0.2) is 0 Å². The molecule has 0 aliphatic heterocycles. The molecule has 0 saturated carbocycles. The first kappa shape index (κ1) is 12.5. The Bertz CT molecular complexity index is 337. The van der Waals surface area contributed by atoms with Gasteiger partial charge in [-0.05, 0) is 6.92 Å². The van der Waals surface area contributed by atoms with Crippen molar-refractivity contribution in [2.24, 2.45) is 5.73 Å². The van der Waals surface area contributed by atoms with E-state index in [9.17, 15) is 4.79 Å². The van der Waals surface area contributed by atoms with Crippen LogP contribution in [0.3, 0.4) is 0 Å². The van der Waals surface area contributed by atoms with Crippen LogP contribution in [0.15, 0.2) is 12.3 Å². The molecule has 1 heterocycles. The lowest BCUT2D eigenvalue weighted by Gasteiger charge is -2.11. The number of nitrogens with zero attached hydrogens (tertiary/aromatic N) is 2. The normalized spacial score (nSPS) is 12.4. The fourth-order valence-corrected chi connectivity index (χ4v) is 1.33. The van der Waals surface area contributed by atoms with Crippen LogP contribution in [0.2, 0.25) is 0 Å². The van der Waals surface area contributed by atoms with Crippen molar-refractivity contribution in [2.45, 2.75) is 25.9 Å². The molecule has 16 heavy (non-hydrogen) atoms. The molecule has 90 valence electrons. The van der Waals surface area contributed by atoms with Crippen LogP contribution in [-0.4, -0.2) is 35.4 Å². The van der Waals surface area contributed by atoms with Crippen LogP contribution in [0.25, 0.3) is 0 Å². The number of aromatic nitrogens is 2. The lowest BCUT2D eigenvalue weighted by atomic mass is 10.3. The van der Waals surface area contributed by atoms with Crippen molar-refractivity contribution in [1.29, 1.82) is 0 Å². The van der Waals surface area contributed by atoms with Gasteiger partial charge in [-0.2, -0.15) is 5.10 Å². The molecule has 1 aromatic heterocycles. The number of nitrogens with two attached hydrogens (primary N) is 1. The summed E-state index contributed by atoms with van der Waals surface area (Å²) in [6, 6.07) is 2.05. The summed E-state index contributed by atoms with van der Waals surface area (Å²) < 4.78 is 6.69. The van der Waals surface area contributed by atoms with Gasteiger partial charge in [-0.1, -0.05) is 0 Å². The first-order valence-corrected chi connectivity index (χ1v) is 5.19. The number of carbonyl (C=O) groups is 1. The average molecular weight is 226 g/mol. The molecule has 1 rings (SSSR count). The second-order valence-corrected chi connectivity index (χ2v) is 3.68.